The Balaban J connectivity index is 2.31. The van der Waals surface area contributed by atoms with E-state index in [1.54, 1.807) is 24.3 Å². The standard InChI is InChI=1S/C15H13N3O2/c1-11-6-7-12(4-3-9-19)13(10-11)15(20)17-14-5-2-8-16-18-14/h2,5-8,10,19H,9H2,1H3,(H,17,18,20). The van der Waals surface area contributed by atoms with Gasteiger partial charge in [-0.1, -0.05) is 23.5 Å². The molecule has 0 saturated carbocycles. The van der Waals surface area contributed by atoms with Gasteiger partial charge in [0.15, 0.2) is 5.82 Å². The Kier molecular flexibility index (Phi) is 4.43. The van der Waals surface area contributed by atoms with Crippen molar-refractivity contribution in [1.82, 2.24) is 10.2 Å². The Labute approximate surface area is 116 Å². The summed E-state index contributed by atoms with van der Waals surface area (Å²) in [7, 11) is 0. The van der Waals surface area contributed by atoms with Crippen LogP contribution in [0.1, 0.15) is 21.5 Å². The van der Waals surface area contributed by atoms with Crippen molar-refractivity contribution in [2.45, 2.75) is 6.92 Å². The molecule has 20 heavy (non-hydrogen) atoms. The SMILES string of the molecule is Cc1ccc(C#CCO)c(C(=O)Nc2cccnn2)c1. The van der Waals surface area contributed by atoms with Gasteiger partial charge < -0.3 is 10.4 Å². The van der Waals surface area contributed by atoms with Crippen LogP contribution >= 0.6 is 0 Å². The first-order valence-electron chi connectivity index (χ1n) is 6.00. The van der Waals surface area contributed by atoms with E-state index in [2.05, 4.69) is 27.4 Å². The van der Waals surface area contributed by atoms with Crippen LogP contribution in [0.25, 0.3) is 0 Å². The molecule has 1 aromatic heterocycles. The van der Waals surface area contributed by atoms with Crippen LogP contribution in [-0.4, -0.2) is 27.8 Å². The summed E-state index contributed by atoms with van der Waals surface area (Å²) >= 11 is 0. The van der Waals surface area contributed by atoms with Gasteiger partial charge in [-0.3, -0.25) is 4.79 Å². The third-order valence-electron chi connectivity index (χ3n) is 2.54. The van der Waals surface area contributed by atoms with E-state index in [1.807, 2.05) is 13.0 Å². The molecule has 0 radical (unpaired) electrons. The topological polar surface area (TPSA) is 75.1 Å². The summed E-state index contributed by atoms with van der Waals surface area (Å²) in [6.45, 7) is 1.64. The fourth-order valence-electron chi connectivity index (χ4n) is 1.64. The van der Waals surface area contributed by atoms with E-state index in [9.17, 15) is 4.79 Å². The molecule has 0 spiro atoms. The number of hydrogen-bond acceptors (Lipinski definition) is 4. The Bertz CT molecular complexity index is 673. The monoisotopic (exact) mass is 267 g/mol. The van der Waals surface area contributed by atoms with Crippen LogP contribution in [0, 0.1) is 18.8 Å². The van der Waals surface area contributed by atoms with Crippen LogP contribution in [0.2, 0.25) is 0 Å². The van der Waals surface area contributed by atoms with Crippen molar-refractivity contribution in [3.8, 4) is 11.8 Å². The fraction of sp³-hybridized carbons (Fsp3) is 0.133. The van der Waals surface area contributed by atoms with Crippen LogP contribution < -0.4 is 5.32 Å². The normalized spacial score (nSPS) is 9.50. The van der Waals surface area contributed by atoms with Crippen molar-refractivity contribution in [2.75, 3.05) is 11.9 Å². The van der Waals surface area contributed by atoms with Gasteiger partial charge in [0, 0.05) is 11.8 Å². The molecule has 2 N–H and O–H groups in total. The number of anilines is 1. The molecule has 5 heteroatoms. The zero-order valence-electron chi connectivity index (χ0n) is 10.9. The Hall–Kier alpha value is -2.71. The van der Waals surface area contributed by atoms with E-state index >= 15 is 0 Å². The number of amides is 1. The van der Waals surface area contributed by atoms with Crippen LogP contribution in [0.5, 0.6) is 0 Å². The molecule has 1 amide bonds. The smallest absolute Gasteiger partial charge is 0.258 e. The second-order valence-electron chi connectivity index (χ2n) is 4.07. The van der Waals surface area contributed by atoms with E-state index < -0.39 is 0 Å². The molecule has 0 saturated heterocycles. The molecule has 0 aliphatic rings. The van der Waals surface area contributed by atoms with Crippen molar-refractivity contribution in [3.05, 3.63) is 53.2 Å². The maximum Gasteiger partial charge on any atom is 0.258 e. The lowest BCUT2D eigenvalue weighted by atomic mass is 10.0. The van der Waals surface area contributed by atoms with Gasteiger partial charge in [-0.05, 0) is 31.2 Å². The second kappa shape index (κ2) is 6.45. The Morgan fingerprint density at radius 2 is 2.25 bits per heavy atom. The average molecular weight is 267 g/mol. The molecule has 1 aromatic carbocycles. The highest BCUT2D eigenvalue weighted by Crippen LogP contribution is 2.13. The van der Waals surface area contributed by atoms with Gasteiger partial charge in [0.2, 0.25) is 0 Å². The van der Waals surface area contributed by atoms with Gasteiger partial charge in [0.25, 0.3) is 5.91 Å². The zero-order valence-corrected chi connectivity index (χ0v) is 10.9. The van der Waals surface area contributed by atoms with E-state index in [-0.39, 0.29) is 12.5 Å². The van der Waals surface area contributed by atoms with Crippen LogP contribution in [0.3, 0.4) is 0 Å². The first-order chi connectivity index (χ1) is 9.70. The molecule has 0 fully saturated rings. The highest BCUT2D eigenvalue weighted by molar-refractivity contribution is 6.05. The number of rotatable bonds is 2. The van der Waals surface area contributed by atoms with E-state index in [0.29, 0.717) is 16.9 Å². The minimum atomic E-state index is -0.309. The first kappa shape index (κ1) is 13.7. The molecule has 2 aromatic rings. The number of nitrogens with zero attached hydrogens (tertiary/aromatic N) is 2. The van der Waals surface area contributed by atoms with Crippen molar-refractivity contribution in [2.24, 2.45) is 0 Å². The quantitative estimate of drug-likeness (QED) is 0.806. The molecule has 5 nitrogen and oxygen atoms in total. The van der Waals surface area contributed by atoms with Gasteiger partial charge in [0.1, 0.15) is 6.61 Å². The van der Waals surface area contributed by atoms with E-state index in [4.69, 9.17) is 5.11 Å². The third kappa shape index (κ3) is 3.40. The maximum atomic E-state index is 12.2. The minimum absolute atomic E-state index is 0.251. The molecule has 0 bridgehead atoms. The molecular weight excluding hydrogens is 254 g/mol. The molecule has 2 rings (SSSR count). The number of aromatic nitrogens is 2. The molecule has 100 valence electrons. The lowest BCUT2D eigenvalue weighted by Gasteiger charge is -2.06. The van der Waals surface area contributed by atoms with Gasteiger partial charge in [0.05, 0.1) is 5.56 Å². The second-order valence-corrected chi connectivity index (χ2v) is 4.07. The summed E-state index contributed by atoms with van der Waals surface area (Å²) in [4.78, 5) is 12.2. The summed E-state index contributed by atoms with van der Waals surface area (Å²) in [6, 6.07) is 8.70. The van der Waals surface area contributed by atoms with Gasteiger partial charge in [-0.2, -0.15) is 5.10 Å². The molecule has 0 aliphatic heterocycles. The van der Waals surface area contributed by atoms with Crippen molar-refractivity contribution >= 4 is 11.7 Å². The predicted octanol–water partition coefficient (Wildman–Crippen LogP) is 1.38. The molecular formula is C15H13N3O2. The highest BCUT2D eigenvalue weighted by atomic mass is 16.2. The number of hydrogen-bond donors (Lipinski definition) is 2. The van der Waals surface area contributed by atoms with Crippen molar-refractivity contribution < 1.29 is 9.90 Å². The Morgan fingerprint density at radius 1 is 1.40 bits per heavy atom. The molecule has 0 unspecified atom stereocenters. The fourth-order valence-corrected chi connectivity index (χ4v) is 1.64. The summed E-state index contributed by atoms with van der Waals surface area (Å²) in [6.07, 6.45) is 1.53. The van der Waals surface area contributed by atoms with Crippen molar-refractivity contribution in [1.29, 1.82) is 0 Å². The number of aliphatic hydroxyl groups excluding tert-OH is 1. The molecule has 0 aliphatic carbocycles. The van der Waals surface area contributed by atoms with Crippen LogP contribution in [0.15, 0.2) is 36.5 Å². The number of aliphatic hydroxyl groups is 1. The van der Waals surface area contributed by atoms with Gasteiger partial charge in [-0.15, -0.1) is 5.10 Å². The predicted molar refractivity (Wildman–Crippen MR) is 75.1 cm³/mol. The maximum absolute atomic E-state index is 12.2. The zero-order chi connectivity index (χ0) is 14.4. The highest BCUT2D eigenvalue weighted by Gasteiger charge is 2.11. The molecule has 1 heterocycles. The number of carbonyl (C=O) groups excluding carboxylic acids is 1. The number of nitrogens with one attached hydrogen (secondary N) is 1. The number of aryl methyl sites for hydroxylation is 1. The molecule has 0 atom stereocenters. The van der Waals surface area contributed by atoms with Gasteiger partial charge >= 0.3 is 0 Å². The third-order valence-corrected chi connectivity index (χ3v) is 2.54. The number of carbonyl (C=O) groups is 1. The minimum Gasteiger partial charge on any atom is -0.384 e. The average Bonchev–Trinajstić information content (AvgIpc) is 2.47. The van der Waals surface area contributed by atoms with Gasteiger partial charge in [-0.25, -0.2) is 0 Å². The summed E-state index contributed by atoms with van der Waals surface area (Å²) in [5.74, 6) is 5.37. The van der Waals surface area contributed by atoms with Crippen LogP contribution in [0.4, 0.5) is 5.82 Å². The lowest BCUT2D eigenvalue weighted by Crippen LogP contribution is -2.15. The Morgan fingerprint density at radius 3 is 2.95 bits per heavy atom. The summed E-state index contributed by atoms with van der Waals surface area (Å²) in [5, 5.41) is 18.9. The van der Waals surface area contributed by atoms with Crippen LogP contribution in [-0.2, 0) is 0 Å². The summed E-state index contributed by atoms with van der Waals surface area (Å²) in [5.41, 5.74) is 1.95. The van der Waals surface area contributed by atoms with E-state index in [1.165, 1.54) is 6.20 Å². The lowest BCUT2D eigenvalue weighted by molar-refractivity contribution is 0.102. The van der Waals surface area contributed by atoms with E-state index in [0.717, 1.165) is 5.56 Å². The largest absolute Gasteiger partial charge is 0.384 e. The number of benzene rings is 1. The summed E-state index contributed by atoms with van der Waals surface area (Å²) < 4.78 is 0. The van der Waals surface area contributed by atoms with Crippen molar-refractivity contribution in [3.63, 3.8) is 0 Å². The first-order valence-corrected chi connectivity index (χ1v) is 6.00.